The largest absolute Gasteiger partial charge is 0.302 e. The Labute approximate surface area is 158 Å². The van der Waals surface area contributed by atoms with Crippen LogP contribution in [-0.4, -0.2) is 10.9 Å². The summed E-state index contributed by atoms with van der Waals surface area (Å²) in [5.74, 6) is 0.849. The van der Waals surface area contributed by atoms with Crippen LogP contribution in [0.25, 0.3) is 10.8 Å². The van der Waals surface area contributed by atoms with Gasteiger partial charge in [0.15, 0.2) is 5.13 Å². The molecule has 1 N–H and O–H groups in total. The van der Waals surface area contributed by atoms with E-state index in [1.165, 1.54) is 46.9 Å². The van der Waals surface area contributed by atoms with E-state index < -0.39 is 0 Å². The number of amides is 1. The zero-order valence-electron chi connectivity index (χ0n) is 14.9. The molecule has 4 heteroatoms. The smallest absolute Gasteiger partial charge is 0.226 e. The Kier molecular flexibility index (Phi) is 5.30. The molecule has 3 aromatic rings. The van der Waals surface area contributed by atoms with Gasteiger partial charge in [-0.05, 0) is 28.7 Å². The number of anilines is 1. The van der Waals surface area contributed by atoms with Gasteiger partial charge in [-0.15, -0.1) is 11.3 Å². The van der Waals surface area contributed by atoms with Crippen LogP contribution in [0, 0.1) is 5.92 Å². The molecule has 0 atom stereocenters. The van der Waals surface area contributed by atoms with Gasteiger partial charge in [0.2, 0.25) is 5.91 Å². The standard InChI is InChI=1S/C22H24N2OS/c25-21(13-12-16-6-1-2-7-16)24-22-23-15-19(26-22)14-18-10-5-9-17-8-3-4-11-20(17)18/h3-5,8-11,15-16H,1-2,6-7,12-14H2,(H,23,24,25). The minimum Gasteiger partial charge on any atom is -0.302 e. The van der Waals surface area contributed by atoms with Crippen molar-refractivity contribution in [2.45, 2.75) is 44.9 Å². The summed E-state index contributed by atoms with van der Waals surface area (Å²) < 4.78 is 0. The van der Waals surface area contributed by atoms with Gasteiger partial charge in [0.05, 0.1) is 0 Å². The van der Waals surface area contributed by atoms with E-state index >= 15 is 0 Å². The fraction of sp³-hybridized carbons (Fsp3) is 0.364. The Morgan fingerprint density at radius 1 is 1.12 bits per heavy atom. The normalized spacial score (nSPS) is 14.8. The maximum atomic E-state index is 12.2. The molecule has 1 aliphatic carbocycles. The molecule has 3 nitrogen and oxygen atoms in total. The first-order chi connectivity index (χ1) is 12.8. The number of nitrogens with zero attached hydrogens (tertiary/aromatic N) is 1. The molecule has 0 saturated heterocycles. The number of hydrogen-bond donors (Lipinski definition) is 1. The minimum atomic E-state index is 0.1000. The van der Waals surface area contributed by atoms with Gasteiger partial charge in [-0.25, -0.2) is 4.98 Å². The van der Waals surface area contributed by atoms with E-state index in [-0.39, 0.29) is 5.91 Å². The molecule has 1 heterocycles. The van der Waals surface area contributed by atoms with Crippen LogP contribution in [0.2, 0.25) is 0 Å². The molecule has 134 valence electrons. The van der Waals surface area contributed by atoms with Gasteiger partial charge >= 0.3 is 0 Å². The molecule has 0 unspecified atom stereocenters. The van der Waals surface area contributed by atoms with Crippen molar-refractivity contribution in [3.63, 3.8) is 0 Å². The molecule has 26 heavy (non-hydrogen) atoms. The molecule has 4 rings (SSSR count). The number of rotatable bonds is 6. The Bertz CT molecular complexity index is 891. The molecule has 1 saturated carbocycles. The summed E-state index contributed by atoms with van der Waals surface area (Å²) in [7, 11) is 0. The van der Waals surface area contributed by atoms with Gasteiger partial charge in [-0.3, -0.25) is 4.79 Å². The molecule has 1 amide bonds. The van der Waals surface area contributed by atoms with Crippen LogP contribution in [0.3, 0.4) is 0 Å². The summed E-state index contributed by atoms with van der Waals surface area (Å²) in [6.07, 6.45) is 9.60. The van der Waals surface area contributed by atoms with Gasteiger partial charge in [0, 0.05) is 23.9 Å². The summed E-state index contributed by atoms with van der Waals surface area (Å²) in [5.41, 5.74) is 1.30. The van der Waals surface area contributed by atoms with E-state index in [1.807, 2.05) is 6.20 Å². The Morgan fingerprint density at radius 2 is 1.92 bits per heavy atom. The van der Waals surface area contributed by atoms with Crippen molar-refractivity contribution < 1.29 is 4.79 Å². The molecule has 0 aliphatic heterocycles. The van der Waals surface area contributed by atoms with Crippen LogP contribution < -0.4 is 5.32 Å². The number of hydrogen-bond acceptors (Lipinski definition) is 3. The van der Waals surface area contributed by atoms with Gasteiger partial charge in [0.25, 0.3) is 0 Å². The molecule has 0 radical (unpaired) electrons. The van der Waals surface area contributed by atoms with E-state index in [1.54, 1.807) is 11.3 Å². The number of benzene rings is 2. The van der Waals surface area contributed by atoms with Crippen molar-refractivity contribution in [3.8, 4) is 0 Å². The zero-order chi connectivity index (χ0) is 17.8. The Hall–Kier alpha value is -2.20. The number of carbonyl (C=O) groups excluding carboxylic acids is 1. The minimum absolute atomic E-state index is 0.1000. The molecule has 1 aliphatic rings. The van der Waals surface area contributed by atoms with E-state index in [9.17, 15) is 4.79 Å². The zero-order valence-corrected chi connectivity index (χ0v) is 15.7. The van der Waals surface area contributed by atoms with Crippen LogP contribution in [0.15, 0.2) is 48.7 Å². The van der Waals surface area contributed by atoms with E-state index in [4.69, 9.17) is 0 Å². The highest BCUT2D eigenvalue weighted by atomic mass is 32.1. The third kappa shape index (κ3) is 4.13. The van der Waals surface area contributed by atoms with Gasteiger partial charge in [-0.2, -0.15) is 0 Å². The lowest BCUT2D eigenvalue weighted by Crippen LogP contribution is -2.12. The number of fused-ring (bicyclic) bond motifs is 1. The number of aromatic nitrogens is 1. The van der Waals surface area contributed by atoms with Crippen molar-refractivity contribution in [1.29, 1.82) is 0 Å². The average Bonchev–Trinajstić information content (AvgIpc) is 3.32. The molecule has 0 bridgehead atoms. The second-order valence-electron chi connectivity index (χ2n) is 7.18. The van der Waals surface area contributed by atoms with E-state index in [0.29, 0.717) is 6.42 Å². The van der Waals surface area contributed by atoms with Crippen molar-refractivity contribution >= 4 is 33.1 Å². The molecular formula is C22H24N2OS. The Morgan fingerprint density at radius 3 is 2.81 bits per heavy atom. The van der Waals surface area contributed by atoms with Crippen LogP contribution in [0.1, 0.15) is 49.0 Å². The number of carbonyl (C=O) groups is 1. The van der Waals surface area contributed by atoms with Crippen molar-refractivity contribution in [2.75, 3.05) is 5.32 Å². The first kappa shape index (κ1) is 17.2. The molecular weight excluding hydrogens is 340 g/mol. The molecule has 1 fully saturated rings. The maximum absolute atomic E-state index is 12.2. The van der Waals surface area contributed by atoms with E-state index in [2.05, 4.69) is 52.8 Å². The summed E-state index contributed by atoms with van der Waals surface area (Å²) in [4.78, 5) is 17.7. The maximum Gasteiger partial charge on any atom is 0.226 e. The lowest BCUT2D eigenvalue weighted by Gasteiger charge is -2.07. The lowest BCUT2D eigenvalue weighted by molar-refractivity contribution is -0.116. The second-order valence-corrected chi connectivity index (χ2v) is 8.30. The SMILES string of the molecule is O=C(CCC1CCCC1)Nc1ncc(Cc2cccc3ccccc23)s1. The second kappa shape index (κ2) is 8.00. The van der Waals surface area contributed by atoms with Crippen molar-refractivity contribution in [1.82, 2.24) is 4.98 Å². The highest BCUT2D eigenvalue weighted by molar-refractivity contribution is 7.15. The first-order valence-corrected chi connectivity index (χ1v) is 10.3. The third-order valence-electron chi connectivity index (χ3n) is 5.30. The summed E-state index contributed by atoms with van der Waals surface area (Å²) in [6.45, 7) is 0. The fourth-order valence-electron chi connectivity index (χ4n) is 3.90. The predicted octanol–water partition coefficient (Wildman–Crippen LogP) is 5.80. The summed E-state index contributed by atoms with van der Waals surface area (Å²) in [5, 5.41) is 6.24. The lowest BCUT2D eigenvalue weighted by atomic mass is 10.0. The van der Waals surface area contributed by atoms with Crippen LogP contribution in [-0.2, 0) is 11.2 Å². The molecule has 1 aromatic heterocycles. The fourth-order valence-corrected chi connectivity index (χ4v) is 4.75. The molecule has 2 aromatic carbocycles. The summed E-state index contributed by atoms with van der Waals surface area (Å²) >= 11 is 1.58. The number of thiazole rings is 1. The van der Waals surface area contributed by atoms with Gasteiger partial charge in [0.1, 0.15) is 0 Å². The number of nitrogens with one attached hydrogen (secondary N) is 1. The van der Waals surface area contributed by atoms with Gasteiger partial charge in [-0.1, -0.05) is 68.1 Å². The topological polar surface area (TPSA) is 42.0 Å². The monoisotopic (exact) mass is 364 g/mol. The third-order valence-corrected chi connectivity index (χ3v) is 6.21. The summed E-state index contributed by atoms with van der Waals surface area (Å²) in [6, 6.07) is 14.9. The highest BCUT2D eigenvalue weighted by Crippen LogP contribution is 2.29. The quantitative estimate of drug-likeness (QED) is 0.601. The highest BCUT2D eigenvalue weighted by Gasteiger charge is 2.16. The first-order valence-electron chi connectivity index (χ1n) is 9.49. The average molecular weight is 365 g/mol. The predicted molar refractivity (Wildman–Crippen MR) is 109 cm³/mol. The van der Waals surface area contributed by atoms with Crippen molar-refractivity contribution in [2.24, 2.45) is 5.92 Å². The van der Waals surface area contributed by atoms with Crippen LogP contribution in [0.4, 0.5) is 5.13 Å². The Balaban J connectivity index is 1.37. The van der Waals surface area contributed by atoms with E-state index in [0.717, 1.165) is 23.9 Å². The van der Waals surface area contributed by atoms with Gasteiger partial charge < -0.3 is 5.32 Å². The van der Waals surface area contributed by atoms with Crippen LogP contribution >= 0.6 is 11.3 Å². The molecule has 0 spiro atoms. The van der Waals surface area contributed by atoms with Crippen LogP contribution in [0.5, 0.6) is 0 Å². The van der Waals surface area contributed by atoms with Crippen molar-refractivity contribution in [3.05, 3.63) is 59.1 Å².